The van der Waals surface area contributed by atoms with Crippen LogP contribution in [0.15, 0.2) is 47.7 Å². The fraction of sp³-hybridized carbons (Fsp3) is 0.391. The van der Waals surface area contributed by atoms with Crippen molar-refractivity contribution in [1.29, 1.82) is 0 Å². The molecule has 158 valence electrons. The van der Waals surface area contributed by atoms with E-state index < -0.39 is 0 Å². The number of aromatic amines is 1. The minimum Gasteiger partial charge on any atom is -0.361 e. The van der Waals surface area contributed by atoms with Crippen LogP contribution in [0.5, 0.6) is 0 Å². The number of H-pyrrole nitrogens is 1. The van der Waals surface area contributed by atoms with Crippen LogP contribution in [0, 0.1) is 6.92 Å². The van der Waals surface area contributed by atoms with Crippen LogP contribution in [0.3, 0.4) is 0 Å². The van der Waals surface area contributed by atoms with Crippen LogP contribution in [-0.2, 0) is 6.42 Å². The van der Waals surface area contributed by atoms with Gasteiger partial charge in [0.1, 0.15) is 5.82 Å². The van der Waals surface area contributed by atoms with Crippen LogP contribution in [0.1, 0.15) is 24.0 Å². The number of anilines is 1. The highest BCUT2D eigenvalue weighted by atomic mass is 35.5. The maximum Gasteiger partial charge on any atom is 0.191 e. The first-order valence-corrected chi connectivity index (χ1v) is 10.9. The Kier molecular flexibility index (Phi) is 6.43. The number of aryl methyl sites for hydroxylation is 1. The molecule has 1 aromatic carbocycles. The lowest BCUT2D eigenvalue weighted by molar-refractivity contribution is 0.459. The van der Waals surface area contributed by atoms with Crippen LogP contribution in [0.2, 0.25) is 5.02 Å². The van der Waals surface area contributed by atoms with Crippen molar-refractivity contribution in [1.82, 2.24) is 20.6 Å². The lowest BCUT2D eigenvalue weighted by atomic mass is 10.1. The summed E-state index contributed by atoms with van der Waals surface area (Å²) in [6.45, 7) is 4.88. The van der Waals surface area contributed by atoms with Crippen molar-refractivity contribution in [3.8, 4) is 0 Å². The summed E-state index contributed by atoms with van der Waals surface area (Å²) >= 11 is 6.15. The Hall–Kier alpha value is -2.73. The molecule has 3 aromatic rings. The second kappa shape index (κ2) is 9.39. The molecule has 1 saturated heterocycles. The highest BCUT2D eigenvalue weighted by Crippen LogP contribution is 2.22. The largest absolute Gasteiger partial charge is 0.361 e. The molecule has 0 unspecified atom stereocenters. The Morgan fingerprint density at radius 2 is 2.10 bits per heavy atom. The number of aromatic nitrogens is 2. The quantitative estimate of drug-likeness (QED) is 0.429. The van der Waals surface area contributed by atoms with Gasteiger partial charge in [-0.2, -0.15) is 0 Å². The number of hydrogen-bond acceptors (Lipinski definition) is 3. The van der Waals surface area contributed by atoms with Gasteiger partial charge < -0.3 is 20.5 Å². The summed E-state index contributed by atoms with van der Waals surface area (Å²) in [5.74, 6) is 1.93. The number of aliphatic imine (C=N–C) groups is 1. The third kappa shape index (κ3) is 4.87. The average molecular weight is 425 g/mol. The molecule has 4 rings (SSSR count). The monoisotopic (exact) mass is 424 g/mol. The van der Waals surface area contributed by atoms with Gasteiger partial charge in [-0.3, -0.25) is 4.99 Å². The highest BCUT2D eigenvalue weighted by molar-refractivity contribution is 6.31. The van der Waals surface area contributed by atoms with Crippen molar-refractivity contribution in [3.05, 3.63) is 58.9 Å². The summed E-state index contributed by atoms with van der Waals surface area (Å²) in [5.41, 5.74) is 3.57. The predicted molar refractivity (Wildman–Crippen MR) is 126 cm³/mol. The van der Waals surface area contributed by atoms with Gasteiger partial charge in [0.15, 0.2) is 5.96 Å². The van der Waals surface area contributed by atoms with E-state index in [2.05, 4.69) is 55.7 Å². The fourth-order valence-corrected chi connectivity index (χ4v) is 4.13. The van der Waals surface area contributed by atoms with Crippen molar-refractivity contribution < 1.29 is 0 Å². The smallest absolute Gasteiger partial charge is 0.191 e. The number of hydrogen-bond donors (Lipinski definition) is 3. The van der Waals surface area contributed by atoms with E-state index in [1.54, 1.807) is 0 Å². The molecule has 1 aliphatic rings. The molecule has 0 spiro atoms. The van der Waals surface area contributed by atoms with Crippen LogP contribution in [0.25, 0.3) is 10.9 Å². The molecule has 0 atom stereocenters. The number of pyridine rings is 1. The number of halogens is 1. The average Bonchev–Trinajstić information content (AvgIpc) is 3.16. The molecule has 7 heteroatoms. The zero-order valence-electron chi connectivity index (χ0n) is 17.6. The van der Waals surface area contributed by atoms with E-state index in [-0.39, 0.29) is 0 Å². The Bertz CT molecular complexity index is 1000. The van der Waals surface area contributed by atoms with Gasteiger partial charge in [-0.05, 0) is 61.6 Å². The number of benzene rings is 1. The van der Waals surface area contributed by atoms with Gasteiger partial charge in [-0.15, -0.1) is 0 Å². The lowest BCUT2D eigenvalue weighted by Crippen LogP contribution is -2.49. The van der Waals surface area contributed by atoms with Crippen LogP contribution in [0.4, 0.5) is 5.82 Å². The van der Waals surface area contributed by atoms with E-state index in [0.29, 0.717) is 6.04 Å². The van der Waals surface area contributed by atoms with Gasteiger partial charge in [0.2, 0.25) is 0 Å². The molecule has 1 aliphatic heterocycles. The highest BCUT2D eigenvalue weighted by Gasteiger charge is 2.20. The van der Waals surface area contributed by atoms with Crippen LogP contribution in [-0.4, -0.2) is 48.7 Å². The number of fused-ring (bicyclic) bond motifs is 1. The first kappa shape index (κ1) is 20.5. The fourth-order valence-electron chi connectivity index (χ4n) is 3.96. The molecule has 0 aliphatic carbocycles. The van der Waals surface area contributed by atoms with Crippen molar-refractivity contribution >= 4 is 34.3 Å². The van der Waals surface area contributed by atoms with Crippen LogP contribution < -0.4 is 15.5 Å². The maximum atomic E-state index is 6.15. The summed E-state index contributed by atoms with van der Waals surface area (Å²) < 4.78 is 0. The normalized spacial score (nSPS) is 15.6. The molecule has 30 heavy (non-hydrogen) atoms. The van der Waals surface area contributed by atoms with Crippen molar-refractivity contribution in [2.24, 2.45) is 4.99 Å². The third-order valence-electron chi connectivity index (χ3n) is 5.70. The Balaban J connectivity index is 1.25. The summed E-state index contributed by atoms with van der Waals surface area (Å²) in [6.07, 6.45) is 7.04. The van der Waals surface area contributed by atoms with Gasteiger partial charge >= 0.3 is 0 Å². The minimum absolute atomic E-state index is 0.421. The van der Waals surface area contributed by atoms with E-state index in [1.165, 1.54) is 16.5 Å². The standard InChI is InChI=1S/C23H29ClN6/c1-16-3-6-22(28-14-16)30-11-8-19(9-12-30)29-23(25-2)26-10-7-17-15-27-21-5-4-18(24)13-20(17)21/h3-6,13-15,19,27H,7-12H2,1-2H3,(H2,25,26,29). The zero-order valence-corrected chi connectivity index (χ0v) is 18.3. The SMILES string of the molecule is CN=C(NCCc1c[nH]c2ccc(Cl)cc12)NC1CCN(c2ccc(C)cn2)CC1. The van der Waals surface area contributed by atoms with Crippen molar-refractivity contribution in [2.75, 3.05) is 31.6 Å². The van der Waals surface area contributed by atoms with E-state index in [1.807, 2.05) is 31.4 Å². The van der Waals surface area contributed by atoms with E-state index in [0.717, 1.165) is 61.2 Å². The van der Waals surface area contributed by atoms with Crippen molar-refractivity contribution in [2.45, 2.75) is 32.2 Å². The first-order chi connectivity index (χ1) is 14.6. The minimum atomic E-state index is 0.421. The predicted octanol–water partition coefficient (Wildman–Crippen LogP) is 3.90. The molecule has 0 amide bonds. The summed E-state index contributed by atoms with van der Waals surface area (Å²) in [4.78, 5) is 14.6. The van der Waals surface area contributed by atoms with Gasteiger partial charge in [0.05, 0.1) is 0 Å². The van der Waals surface area contributed by atoms with Gasteiger partial charge in [0.25, 0.3) is 0 Å². The molecule has 1 fully saturated rings. The van der Waals surface area contributed by atoms with E-state index in [4.69, 9.17) is 11.6 Å². The van der Waals surface area contributed by atoms with Crippen LogP contribution >= 0.6 is 11.6 Å². The first-order valence-electron chi connectivity index (χ1n) is 10.5. The summed E-state index contributed by atoms with van der Waals surface area (Å²) in [5, 5.41) is 8.97. The molecule has 6 nitrogen and oxygen atoms in total. The van der Waals surface area contributed by atoms with Gasteiger partial charge in [-0.1, -0.05) is 17.7 Å². The zero-order chi connectivity index (χ0) is 20.9. The number of guanidine groups is 1. The second-order valence-corrected chi connectivity index (χ2v) is 8.29. The summed E-state index contributed by atoms with van der Waals surface area (Å²) in [7, 11) is 1.83. The van der Waals surface area contributed by atoms with E-state index in [9.17, 15) is 0 Å². The Labute approximate surface area is 182 Å². The number of nitrogens with one attached hydrogen (secondary N) is 3. The van der Waals surface area contributed by atoms with Gasteiger partial charge in [-0.25, -0.2) is 4.98 Å². The Morgan fingerprint density at radius 3 is 2.83 bits per heavy atom. The van der Waals surface area contributed by atoms with E-state index >= 15 is 0 Å². The molecular weight excluding hydrogens is 396 g/mol. The molecule has 2 aromatic heterocycles. The second-order valence-electron chi connectivity index (χ2n) is 7.85. The molecular formula is C23H29ClN6. The molecule has 0 bridgehead atoms. The van der Waals surface area contributed by atoms with Gasteiger partial charge in [0, 0.05) is 61.0 Å². The summed E-state index contributed by atoms with van der Waals surface area (Å²) in [6, 6.07) is 10.6. The molecule has 3 N–H and O–H groups in total. The molecule has 0 radical (unpaired) electrons. The Morgan fingerprint density at radius 1 is 1.27 bits per heavy atom. The topological polar surface area (TPSA) is 68.3 Å². The lowest BCUT2D eigenvalue weighted by Gasteiger charge is -2.33. The number of nitrogens with zero attached hydrogens (tertiary/aromatic N) is 3. The number of rotatable bonds is 5. The third-order valence-corrected chi connectivity index (χ3v) is 5.93. The molecule has 0 saturated carbocycles. The van der Waals surface area contributed by atoms with Crippen molar-refractivity contribution in [3.63, 3.8) is 0 Å². The number of piperidine rings is 1. The molecule has 3 heterocycles. The maximum absolute atomic E-state index is 6.15.